The second kappa shape index (κ2) is 7.53. The Morgan fingerprint density at radius 1 is 1.23 bits per heavy atom. The van der Waals surface area contributed by atoms with Gasteiger partial charge in [0.1, 0.15) is 23.6 Å². The molecule has 1 unspecified atom stereocenters. The summed E-state index contributed by atoms with van der Waals surface area (Å²) in [6, 6.07) is 0.942. The zero-order chi connectivity index (χ0) is 21.5. The fourth-order valence-corrected chi connectivity index (χ4v) is 4.11. The summed E-state index contributed by atoms with van der Waals surface area (Å²) in [6.45, 7) is 5.88. The van der Waals surface area contributed by atoms with Crippen LogP contribution in [0.5, 0.6) is 0 Å². The number of hydrogen-bond acceptors (Lipinski definition) is 7. The van der Waals surface area contributed by atoms with Crippen molar-refractivity contribution in [3.05, 3.63) is 35.1 Å². The molecular weight excluding hydrogens is 403 g/mol. The van der Waals surface area contributed by atoms with Crippen molar-refractivity contribution in [2.75, 3.05) is 37.7 Å². The van der Waals surface area contributed by atoms with Crippen LogP contribution in [0.4, 0.5) is 19.0 Å². The lowest BCUT2D eigenvalue weighted by Crippen LogP contribution is -2.41. The normalized spacial score (nSPS) is 22.8. The van der Waals surface area contributed by atoms with Gasteiger partial charge in [-0.1, -0.05) is 5.16 Å². The number of nitrogens with zero attached hydrogens (tertiary/aromatic N) is 5. The van der Waals surface area contributed by atoms with E-state index in [9.17, 15) is 18.0 Å². The van der Waals surface area contributed by atoms with Gasteiger partial charge in [-0.15, -0.1) is 0 Å². The summed E-state index contributed by atoms with van der Waals surface area (Å²) in [6.07, 6.45) is -3.38. The summed E-state index contributed by atoms with van der Waals surface area (Å²) < 4.78 is 50.1. The van der Waals surface area contributed by atoms with Crippen molar-refractivity contribution in [1.82, 2.24) is 20.0 Å². The van der Waals surface area contributed by atoms with Crippen LogP contribution in [-0.2, 0) is 22.3 Å². The molecule has 8 nitrogen and oxygen atoms in total. The number of aryl methyl sites for hydroxylation is 2. The minimum atomic E-state index is -4.55. The summed E-state index contributed by atoms with van der Waals surface area (Å²) in [7, 11) is 0. The first-order valence-electron chi connectivity index (χ1n) is 9.58. The average molecular weight is 425 g/mol. The summed E-state index contributed by atoms with van der Waals surface area (Å²) >= 11 is 0. The highest BCUT2D eigenvalue weighted by molar-refractivity contribution is 5.79. The first-order valence-corrected chi connectivity index (χ1v) is 9.58. The van der Waals surface area contributed by atoms with E-state index >= 15 is 0 Å². The van der Waals surface area contributed by atoms with Gasteiger partial charge in [-0.05, 0) is 13.8 Å². The number of alkyl halides is 3. The molecule has 30 heavy (non-hydrogen) atoms. The molecule has 1 amide bonds. The summed E-state index contributed by atoms with van der Waals surface area (Å²) in [5.74, 6) is 0.818. The molecule has 1 spiro atoms. The number of anilines is 1. The van der Waals surface area contributed by atoms with Crippen LogP contribution in [-0.4, -0.2) is 58.8 Å². The van der Waals surface area contributed by atoms with Crippen LogP contribution in [0.1, 0.15) is 29.1 Å². The molecule has 0 radical (unpaired) electrons. The highest BCUT2D eigenvalue weighted by Crippen LogP contribution is 2.37. The highest BCUT2D eigenvalue weighted by Gasteiger charge is 2.46. The van der Waals surface area contributed by atoms with Crippen molar-refractivity contribution in [2.24, 2.45) is 5.41 Å². The number of likely N-dealkylation sites (tertiary alicyclic amines) is 1. The fourth-order valence-electron chi connectivity index (χ4n) is 4.11. The van der Waals surface area contributed by atoms with E-state index in [0.717, 1.165) is 23.7 Å². The molecule has 2 aromatic rings. The Hall–Kier alpha value is -2.69. The Morgan fingerprint density at radius 2 is 2.03 bits per heavy atom. The lowest BCUT2D eigenvalue weighted by atomic mass is 9.87. The van der Waals surface area contributed by atoms with Crippen LogP contribution in [0.3, 0.4) is 0 Å². The summed E-state index contributed by atoms with van der Waals surface area (Å²) in [5, 5.41) is 3.93. The number of carbonyl (C=O) groups excluding carboxylic acids is 1. The third kappa shape index (κ3) is 3.98. The molecule has 2 aliphatic heterocycles. The van der Waals surface area contributed by atoms with Gasteiger partial charge in [0.25, 0.3) is 0 Å². The zero-order valence-electron chi connectivity index (χ0n) is 16.7. The van der Waals surface area contributed by atoms with Gasteiger partial charge in [0.05, 0.1) is 25.5 Å². The topological polar surface area (TPSA) is 84.6 Å². The van der Waals surface area contributed by atoms with Crippen LogP contribution in [0.2, 0.25) is 0 Å². The molecule has 4 rings (SSSR count). The highest BCUT2D eigenvalue weighted by atomic mass is 19.4. The van der Waals surface area contributed by atoms with Gasteiger partial charge in [-0.25, -0.2) is 9.97 Å². The number of hydrogen-bond donors (Lipinski definition) is 0. The molecule has 0 bridgehead atoms. The maximum atomic E-state index is 13.1. The van der Waals surface area contributed by atoms with Crippen LogP contribution in [0, 0.1) is 19.3 Å². The number of halogens is 3. The maximum absolute atomic E-state index is 13.1. The molecule has 0 aromatic carbocycles. The molecule has 162 valence electrons. The van der Waals surface area contributed by atoms with Crippen molar-refractivity contribution < 1.29 is 27.2 Å². The number of rotatable bonds is 3. The molecule has 2 saturated heterocycles. The first-order chi connectivity index (χ1) is 14.2. The minimum absolute atomic E-state index is 0.0286. The Kier molecular flexibility index (Phi) is 5.16. The number of ether oxygens (including phenoxy) is 1. The predicted molar refractivity (Wildman–Crippen MR) is 98.5 cm³/mol. The van der Waals surface area contributed by atoms with Crippen LogP contribution < -0.4 is 4.90 Å². The van der Waals surface area contributed by atoms with Crippen molar-refractivity contribution in [1.29, 1.82) is 0 Å². The Labute approximate surface area is 171 Å². The molecule has 4 heterocycles. The maximum Gasteiger partial charge on any atom is 0.433 e. The standard InChI is InChI=1S/C19H22F3N5O3/c1-12-14(13(2)30-25-12)7-27-9-18(6-17(27)28)8-26(3-4-29-10-18)16-5-15(19(20,21)22)23-11-24-16/h5,11H,3-4,6-10H2,1-2H3. The Morgan fingerprint density at radius 3 is 2.73 bits per heavy atom. The quantitative estimate of drug-likeness (QED) is 0.746. The van der Waals surface area contributed by atoms with Gasteiger partial charge < -0.3 is 19.1 Å². The molecular formula is C19H22F3N5O3. The van der Waals surface area contributed by atoms with E-state index < -0.39 is 17.3 Å². The van der Waals surface area contributed by atoms with Gasteiger partial charge in [-0.2, -0.15) is 13.2 Å². The Bertz CT molecular complexity index is 928. The largest absolute Gasteiger partial charge is 0.433 e. The molecule has 0 N–H and O–H groups in total. The van der Waals surface area contributed by atoms with E-state index in [0.29, 0.717) is 45.2 Å². The second-order valence-electron chi connectivity index (χ2n) is 7.96. The van der Waals surface area contributed by atoms with Crippen molar-refractivity contribution in [3.8, 4) is 0 Å². The molecule has 1 atom stereocenters. The monoisotopic (exact) mass is 425 g/mol. The van der Waals surface area contributed by atoms with Crippen LogP contribution in [0.25, 0.3) is 0 Å². The summed E-state index contributed by atoms with van der Waals surface area (Å²) in [5.41, 5.74) is 0.0860. The molecule has 2 fully saturated rings. The van der Waals surface area contributed by atoms with Crippen molar-refractivity contribution in [2.45, 2.75) is 33.0 Å². The lowest BCUT2D eigenvalue weighted by Gasteiger charge is -2.32. The molecule has 2 aliphatic rings. The van der Waals surface area contributed by atoms with Gasteiger partial charge in [0.2, 0.25) is 5.91 Å². The molecule has 0 saturated carbocycles. The predicted octanol–water partition coefficient (Wildman–Crippen LogP) is 2.36. The average Bonchev–Trinajstić information content (AvgIpc) is 3.07. The minimum Gasteiger partial charge on any atom is -0.379 e. The number of carbonyl (C=O) groups is 1. The van der Waals surface area contributed by atoms with Crippen molar-refractivity contribution in [3.63, 3.8) is 0 Å². The van der Waals surface area contributed by atoms with Gasteiger partial charge >= 0.3 is 6.18 Å². The van der Waals surface area contributed by atoms with E-state index in [2.05, 4.69) is 15.1 Å². The van der Waals surface area contributed by atoms with E-state index in [1.807, 2.05) is 6.92 Å². The number of aromatic nitrogens is 3. The first kappa shape index (κ1) is 20.6. The van der Waals surface area contributed by atoms with E-state index in [4.69, 9.17) is 9.26 Å². The third-order valence-corrected chi connectivity index (χ3v) is 5.64. The Balaban J connectivity index is 1.55. The fraction of sp³-hybridized carbons (Fsp3) is 0.579. The van der Waals surface area contributed by atoms with Gasteiger partial charge in [0, 0.05) is 43.1 Å². The third-order valence-electron chi connectivity index (χ3n) is 5.64. The van der Waals surface area contributed by atoms with Crippen molar-refractivity contribution >= 4 is 11.7 Å². The SMILES string of the molecule is Cc1noc(C)c1CN1CC2(COCCN(c3cc(C(F)(F)F)ncn3)C2)CC1=O. The lowest BCUT2D eigenvalue weighted by molar-refractivity contribution is -0.141. The molecule has 0 aliphatic carbocycles. The smallest absolute Gasteiger partial charge is 0.379 e. The van der Waals surface area contributed by atoms with Crippen LogP contribution >= 0.6 is 0 Å². The zero-order valence-corrected chi connectivity index (χ0v) is 16.7. The molecule has 2 aromatic heterocycles. The van der Waals surface area contributed by atoms with Crippen LogP contribution in [0.15, 0.2) is 16.9 Å². The van der Waals surface area contributed by atoms with Gasteiger partial charge in [-0.3, -0.25) is 4.79 Å². The van der Waals surface area contributed by atoms with E-state index in [1.165, 1.54) is 0 Å². The second-order valence-corrected chi connectivity index (χ2v) is 7.96. The van der Waals surface area contributed by atoms with E-state index in [1.54, 1.807) is 16.7 Å². The summed E-state index contributed by atoms with van der Waals surface area (Å²) in [4.78, 5) is 23.6. The van der Waals surface area contributed by atoms with E-state index in [-0.39, 0.29) is 18.1 Å². The molecule has 11 heteroatoms. The van der Waals surface area contributed by atoms with Gasteiger partial charge in [0.15, 0.2) is 0 Å². The number of amides is 1.